The third-order valence-electron chi connectivity index (χ3n) is 3.68. The van der Waals surface area contributed by atoms with Crippen molar-refractivity contribution in [3.63, 3.8) is 0 Å². The van der Waals surface area contributed by atoms with Crippen molar-refractivity contribution < 1.29 is 85.4 Å². The van der Waals surface area contributed by atoms with Gasteiger partial charge in [0.05, 0.1) is 0 Å². The molecule has 6 nitrogen and oxygen atoms in total. The molecule has 2 atom stereocenters. The van der Waals surface area contributed by atoms with E-state index < -0.39 is 14.5 Å². The molecule has 0 bridgehead atoms. The number of halogens is 8. The molecule has 0 saturated carbocycles. The molecule has 2 unspecified atom stereocenters. The minimum Gasteiger partial charge on any atom is -0.418 e. The summed E-state index contributed by atoms with van der Waals surface area (Å²) < 4.78 is 85.2. The predicted octanol–water partition coefficient (Wildman–Crippen LogP) is 2.30. The van der Waals surface area contributed by atoms with E-state index in [1.807, 2.05) is 35.0 Å². The largest absolute Gasteiger partial charge is 0.673 e. The molecule has 2 rings (SSSR count). The number of nitrogens with zero attached hydrogens (tertiary/aromatic N) is 6. The van der Waals surface area contributed by atoms with Gasteiger partial charge < -0.3 is 34.5 Å². The molecule has 0 spiro atoms. The van der Waals surface area contributed by atoms with Gasteiger partial charge in [0.2, 0.25) is 0 Å². The zero-order valence-corrected chi connectivity index (χ0v) is 22.4. The fourth-order valence-electron chi connectivity index (χ4n) is 1.61. The van der Waals surface area contributed by atoms with Crippen LogP contribution in [0.2, 0.25) is 0 Å². The maximum absolute atomic E-state index is 9.75. The summed E-state index contributed by atoms with van der Waals surface area (Å²) in [6, 6.07) is 0.838. The first-order valence-electron chi connectivity index (χ1n) is 7.77. The molecule has 0 N–H and O–H groups in total. The molecule has 0 aliphatic carbocycles. The summed E-state index contributed by atoms with van der Waals surface area (Å²) in [5.74, 6) is 0. The summed E-state index contributed by atoms with van der Waals surface area (Å²) in [4.78, 5) is 0. The monoisotopic (exact) mass is 856 g/mol. The molecule has 2 aliphatic heterocycles. The molecule has 0 fully saturated rings. The van der Waals surface area contributed by atoms with E-state index in [2.05, 4.69) is 66.5 Å². The topological polar surface area (TPSA) is 19.0 Å². The molecule has 30 heavy (non-hydrogen) atoms. The van der Waals surface area contributed by atoms with E-state index in [0.717, 1.165) is 0 Å². The second kappa shape index (κ2) is 13.2. The van der Waals surface area contributed by atoms with Gasteiger partial charge in [0.1, 0.15) is 0 Å². The van der Waals surface area contributed by atoms with Gasteiger partial charge in [0, 0.05) is 0 Å². The van der Waals surface area contributed by atoms with Crippen molar-refractivity contribution >= 4 is 51.6 Å². The van der Waals surface area contributed by atoms with E-state index in [4.69, 9.17) is 25.6 Å². The van der Waals surface area contributed by atoms with Gasteiger partial charge in [0.25, 0.3) is 0 Å². The van der Waals surface area contributed by atoms with Gasteiger partial charge >= 0.3 is 173 Å². The van der Waals surface area contributed by atoms with E-state index >= 15 is 0 Å². The van der Waals surface area contributed by atoms with Crippen molar-refractivity contribution in [1.29, 1.82) is 0 Å². The molecule has 186 valence electrons. The Balaban J connectivity index is 0. The average Bonchev–Trinajstić information content (AvgIpc) is 2.83. The third-order valence-corrected chi connectivity index (χ3v) is 7.36. The number of hydrogen-bond donors (Lipinski definition) is 0. The van der Waals surface area contributed by atoms with Crippen molar-refractivity contribution in [1.82, 2.24) is 17.1 Å². The fraction of sp³-hybridized carbons (Fsp3) is 0.800. The van der Waals surface area contributed by atoms with Crippen molar-refractivity contribution in [3.05, 3.63) is 0 Å². The zero-order chi connectivity index (χ0) is 24.8. The van der Waals surface area contributed by atoms with Crippen molar-refractivity contribution in [2.24, 2.45) is 0 Å². The second-order valence-corrected chi connectivity index (χ2v) is 8.16. The Hall–Kier alpha value is 0.350. The predicted molar refractivity (Wildman–Crippen MR) is 95.1 cm³/mol. The average molecular weight is 856 g/mol. The van der Waals surface area contributed by atoms with Crippen LogP contribution >= 0.6 is 0 Å². The van der Waals surface area contributed by atoms with Crippen LogP contribution in [0, 0.1) is 0 Å². The number of hydrogen-bond acceptors (Lipinski definition) is 6. The molecule has 0 amide bonds. The summed E-state index contributed by atoms with van der Waals surface area (Å²) in [5, 5.41) is 4.15. The minimum atomic E-state index is -6.00. The maximum Gasteiger partial charge on any atom is 0.673 e. The van der Waals surface area contributed by atoms with Gasteiger partial charge in [-0.05, 0) is 0 Å². The van der Waals surface area contributed by atoms with Crippen LogP contribution in [0.3, 0.4) is 0 Å². The van der Waals surface area contributed by atoms with Gasteiger partial charge in [-0.1, -0.05) is 0 Å². The molecular formula is C10H20Au2B2F8N6S2. The van der Waals surface area contributed by atoms with Crippen LogP contribution in [0.25, 0.3) is 0 Å². The SMILES string of the molecule is CC1=[N+]([S-])[N]([Au+])N(C)C1C.CC1=[N+]([S-])[N]([Au+])N(C)C1C.F[B-](F)(F)F.F[B-](F)(F)F. The standard InChI is InChI=1S/2C5H10N3S.2Au.2BF4/c2*1-4-5(2)8(9)6-7(4)3;;;2*2-1(3,4)5/h2*4H,1-3H3;;;;/q2*-1;2*+2;2*-1. The van der Waals surface area contributed by atoms with Crippen LogP contribution in [0.1, 0.15) is 27.7 Å². The molecule has 0 radical (unpaired) electrons. The molecule has 0 aromatic rings. The number of hydrazone groups is 2. The van der Waals surface area contributed by atoms with Gasteiger partial charge in [-0.15, -0.1) is 0 Å². The first-order chi connectivity index (χ1) is 13.1. The van der Waals surface area contributed by atoms with Crippen LogP contribution in [0.5, 0.6) is 0 Å². The van der Waals surface area contributed by atoms with E-state index in [9.17, 15) is 34.5 Å². The Morgan fingerprint density at radius 2 is 0.867 bits per heavy atom. The molecule has 0 aromatic heterocycles. The normalized spacial score (nSPS) is 23.0. The van der Waals surface area contributed by atoms with Crippen LogP contribution in [0.15, 0.2) is 0 Å². The molecule has 0 saturated heterocycles. The Morgan fingerprint density at radius 1 is 0.700 bits per heavy atom. The van der Waals surface area contributed by atoms with Crippen LogP contribution in [0.4, 0.5) is 34.5 Å². The van der Waals surface area contributed by atoms with Crippen LogP contribution in [-0.2, 0) is 68.3 Å². The van der Waals surface area contributed by atoms with Crippen LogP contribution in [-0.4, -0.2) is 77.4 Å². The molecule has 20 heteroatoms. The number of rotatable bonds is 0. The van der Waals surface area contributed by atoms with E-state index in [0.29, 0.717) is 12.1 Å². The second-order valence-electron chi connectivity index (χ2n) is 5.74. The summed E-state index contributed by atoms with van der Waals surface area (Å²) in [5.41, 5.74) is 2.39. The Labute approximate surface area is 206 Å². The molecular weight excluding hydrogens is 836 g/mol. The van der Waals surface area contributed by atoms with E-state index in [1.165, 1.54) is 11.4 Å². The first kappa shape index (κ1) is 32.5. The van der Waals surface area contributed by atoms with Crippen molar-refractivity contribution in [2.75, 3.05) is 14.1 Å². The summed E-state index contributed by atoms with van der Waals surface area (Å²) in [6.45, 7) is 8.35. The fourth-order valence-corrected chi connectivity index (χ4v) is 3.58. The quantitative estimate of drug-likeness (QED) is 0.160. The minimum absolute atomic E-state index is 0.419. The van der Waals surface area contributed by atoms with Crippen LogP contribution < -0.4 is 0 Å². The summed E-state index contributed by atoms with van der Waals surface area (Å²) in [7, 11) is -7.97. The van der Waals surface area contributed by atoms with Gasteiger partial charge in [-0.25, -0.2) is 0 Å². The summed E-state index contributed by atoms with van der Waals surface area (Å²) in [6.07, 6.45) is 0. The van der Waals surface area contributed by atoms with Gasteiger partial charge in [-0.2, -0.15) is 0 Å². The maximum atomic E-state index is 9.75. The molecule has 2 aliphatic rings. The van der Waals surface area contributed by atoms with Crippen molar-refractivity contribution in [3.8, 4) is 0 Å². The smallest absolute Gasteiger partial charge is 0.418 e. The number of hydrazine groups is 4. The first-order valence-corrected chi connectivity index (χ1v) is 10.4. The van der Waals surface area contributed by atoms with Crippen molar-refractivity contribution in [2.45, 2.75) is 39.8 Å². The molecule has 2 heterocycles. The third kappa shape index (κ3) is 13.0. The Kier molecular flexibility index (Phi) is 14.3. The van der Waals surface area contributed by atoms with Gasteiger partial charge in [0.15, 0.2) is 0 Å². The Morgan fingerprint density at radius 3 is 0.900 bits per heavy atom. The van der Waals surface area contributed by atoms with Gasteiger partial charge in [-0.3, -0.25) is 0 Å². The van der Waals surface area contributed by atoms with E-state index in [1.54, 1.807) is 8.18 Å². The Bertz CT molecular complexity index is 526. The van der Waals surface area contributed by atoms with E-state index in [-0.39, 0.29) is 0 Å². The summed E-state index contributed by atoms with van der Waals surface area (Å²) >= 11 is 14.9. The molecule has 0 aromatic carbocycles. The zero-order valence-electron chi connectivity index (χ0n) is 16.4.